The maximum atomic E-state index is 7.75. The molecule has 0 aliphatic heterocycles. The first-order valence-electron chi connectivity index (χ1n) is 5.59. The third-order valence-electron chi connectivity index (χ3n) is 2.73. The Labute approximate surface area is 120 Å². The van der Waals surface area contributed by atoms with Gasteiger partial charge in [0.15, 0.2) is 5.16 Å². The Morgan fingerprint density at radius 2 is 2.00 bits per heavy atom. The number of nitrogens with two attached hydrogens (primary N) is 1. The normalized spacial score (nSPS) is 10.7. The van der Waals surface area contributed by atoms with E-state index in [9.17, 15) is 0 Å². The highest BCUT2D eigenvalue weighted by molar-refractivity contribution is 7.99. The van der Waals surface area contributed by atoms with Crippen LogP contribution in [0.5, 0.6) is 0 Å². The van der Waals surface area contributed by atoms with E-state index in [4.69, 9.17) is 11.1 Å². The summed E-state index contributed by atoms with van der Waals surface area (Å²) in [5.74, 6) is 0.930. The van der Waals surface area contributed by atoms with E-state index in [-0.39, 0.29) is 5.84 Å². The third-order valence-corrected chi connectivity index (χ3v) is 4.61. The summed E-state index contributed by atoms with van der Waals surface area (Å²) in [6.07, 6.45) is 1.97. The second kappa shape index (κ2) is 5.66. The van der Waals surface area contributed by atoms with Crippen LogP contribution in [0, 0.1) is 12.3 Å². The molecule has 3 N–H and O–H groups in total. The maximum absolute atomic E-state index is 7.75. The second-order valence-corrected chi connectivity index (χ2v) is 5.80. The van der Waals surface area contributed by atoms with Crippen LogP contribution in [0.4, 0.5) is 0 Å². The van der Waals surface area contributed by atoms with Gasteiger partial charge in [-0.3, -0.25) is 5.41 Å². The van der Waals surface area contributed by atoms with Crippen molar-refractivity contribution in [3.8, 4) is 0 Å². The van der Waals surface area contributed by atoms with Crippen molar-refractivity contribution in [1.29, 1.82) is 5.41 Å². The van der Waals surface area contributed by atoms with Crippen LogP contribution in [0.3, 0.4) is 0 Å². The quantitative estimate of drug-likeness (QED) is 0.513. The molecule has 100 valence electrons. The Morgan fingerprint density at radius 3 is 2.53 bits per heavy atom. The highest BCUT2D eigenvalue weighted by Gasteiger charge is 2.14. The molecule has 0 unspecified atom stereocenters. The molecule has 0 saturated carbocycles. The van der Waals surface area contributed by atoms with Crippen LogP contribution in [0.25, 0.3) is 0 Å². The van der Waals surface area contributed by atoms with E-state index in [1.807, 2.05) is 43.0 Å². The van der Waals surface area contributed by atoms with Crippen LogP contribution in [0.2, 0.25) is 0 Å². The molecule has 0 aliphatic carbocycles. The number of hydrogen-bond donors (Lipinski definition) is 2. The van der Waals surface area contributed by atoms with Crippen LogP contribution in [-0.4, -0.2) is 26.9 Å². The van der Waals surface area contributed by atoms with Gasteiger partial charge >= 0.3 is 0 Å². The fourth-order valence-electron chi connectivity index (χ4n) is 1.61. The van der Waals surface area contributed by atoms with E-state index in [0.29, 0.717) is 0 Å². The zero-order valence-electron chi connectivity index (χ0n) is 11.0. The molecule has 0 bridgehead atoms. The summed E-state index contributed by atoms with van der Waals surface area (Å²) in [7, 11) is 1.92. The fourth-order valence-corrected chi connectivity index (χ4v) is 3.33. The summed E-state index contributed by atoms with van der Waals surface area (Å²) >= 11 is 3.06. The molecular weight excluding hydrogens is 278 g/mol. The molecule has 0 radical (unpaired) electrons. The lowest BCUT2D eigenvalue weighted by molar-refractivity contribution is 0.765. The van der Waals surface area contributed by atoms with Crippen molar-refractivity contribution >= 4 is 29.4 Å². The van der Waals surface area contributed by atoms with Gasteiger partial charge in [-0.2, -0.15) is 0 Å². The van der Waals surface area contributed by atoms with Crippen molar-refractivity contribution < 1.29 is 0 Å². The topological polar surface area (TPSA) is 80.6 Å². The Bertz CT molecular complexity index is 621. The number of nitrogen functional groups attached to an aromatic ring is 1. The third kappa shape index (κ3) is 2.76. The standard InChI is InChI=1S/C12H15N5S2/c1-7-15-16-12(17(7)2)19-9-6-4-5-8(18-3)10(9)11(13)14/h4-6H,1-3H3,(H3,13,14). The van der Waals surface area contributed by atoms with Crippen molar-refractivity contribution in [3.05, 3.63) is 29.6 Å². The molecule has 0 saturated heterocycles. The smallest absolute Gasteiger partial charge is 0.195 e. The Kier molecular flexibility index (Phi) is 4.16. The summed E-state index contributed by atoms with van der Waals surface area (Å²) < 4.78 is 1.92. The number of aryl methyl sites for hydroxylation is 1. The first kappa shape index (κ1) is 14.0. The predicted molar refractivity (Wildman–Crippen MR) is 79.1 cm³/mol. The Balaban J connectivity index is 2.45. The van der Waals surface area contributed by atoms with Gasteiger partial charge in [-0.1, -0.05) is 6.07 Å². The number of amidine groups is 1. The molecule has 2 aromatic rings. The summed E-state index contributed by atoms with van der Waals surface area (Å²) in [6, 6.07) is 5.88. The fraction of sp³-hybridized carbons (Fsp3) is 0.250. The minimum atomic E-state index is 0.0753. The van der Waals surface area contributed by atoms with Gasteiger partial charge in [0.2, 0.25) is 0 Å². The average Bonchev–Trinajstić information content (AvgIpc) is 2.70. The number of nitrogens with zero attached hydrogens (tertiary/aromatic N) is 3. The molecule has 2 rings (SSSR count). The van der Waals surface area contributed by atoms with E-state index in [2.05, 4.69) is 10.2 Å². The molecule has 0 amide bonds. The monoisotopic (exact) mass is 293 g/mol. The van der Waals surface area contributed by atoms with Crippen LogP contribution in [0.1, 0.15) is 11.4 Å². The molecule has 1 heterocycles. The van der Waals surface area contributed by atoms with Crippen LogP contribution in [0.15, 0.2) is 33.1 Å². The largest absolute Gasteiger partial charge is 0.384 e. The van der Waals surface area contributed by atoms with Gasteiger partial charge in [0.05, 0.1) is 0 Å². The minimum Gasteiger partial charge on any atom is -0.384 e. The van der Waals surface area contributed by atoms with Crippen molar-refractivity contribution in [2.45, 2.75) is 21.9 Å². The first-order valence-corrected chi connectivity index (χ1v) is 7.64. The van der Waals surface area contributed by atoms with E-state index >= 15 is 0 Å². The first-order chi connectivity index (χ1) is 9.04. The summed E-state index contributed by atoms with van der Waals surface area (Å²) in [6.45, 7) is 1.90. The molecule has 5 nitrogen and oxygen atoms in total. The lowest BCUT2D eigenvalue weighted by Crippen LogP contribution is -2.13. The van der Waals surface area contributed by atoms with Crippen molar-refractivity contribution in [1.82, 2.24) is 14.8 Å². The number of hydrogen-bond acceptors (Lipinski definition) is 5. The molecule has 7 heteroatoms. The summed E-state index contributed by atoms with van der Waals surface area (Å²) in [5, 5.41) is 16.7. The van der Waals surface area contributed by atoms with E-state index < -0.39 is 0 Å². The van der Waals surface area contributed by atoms with Gasteiger partial charge in [-0.25, -0.2) is 0 Å². The molecule has 1 aromatic heterocycles. The highest BCUT2D eigenvalue weighted by atomic mass is 32.2. The molecule has 0 spiro atoms. The van der Waals surface area contributed by atoms with E-state index in [1.54, 1.807) is 11.8 Å². The SMILES string of the molecule is CSc1cccc(Sc2nnc(C)n2C)c1C(=N)N. The highest BCUT2D eigenvalue weighted by Crippen LogP contribution is 2.33. The molecular formula is C12H15N5S2. The zero-order chi connectivity index (χ0) is 14.0. The lowest BCUT2D eigenvalue weighted by atomic mass is 10.2. The van der Waals surface area contributed by atoms with Gasteiger partial charge in [0, 0.05) is 22.4 Å². The molecule has 19 heavy (non-hydrogen) atoms. The van der Waals surface area contributed by atoms with Crippen molar-refractivity contribution in [2.75, 3.05) is 6.26 Å². The minimum absolute atomic E-state index is 0.0753. The van der Waals surface area contributed by atoms with Gasteiger partial charge < -0.3 is 10.3 Å². The predicted octanol–water partition coefficient (Wildman–Crippen LogP) is 2.28. The van der Waals surface area contributed by atoms with Gasteiger partial charge in [0.25, 0.3) is 0 Å². The number of rotatable bonds is 4. The molecule has 0 fully saturated rings. The van der Waals surface area contributed by atoms with Crippen LogP contribution < -0.4 is 5.73 Å². The van der Waals surface area contributed by atoms with Crippen LogP contribution in [-0.2, 0) is 7.05 Å². The molecule has 0 atom stereocenters. The number of aromatic nitrogens is 3. The molecule has 1 aromatic carbocycles. The number of nitrogens with one attached hydrogen (secondary N) is 1. The average molecular weight is 293 g/mol. The van der Waals surface area contributed by atoms with Gasteiger partial charge in [-0.15, -0.1) is 22.0 Å². The number of benzene rings is 1. The number of thioether (sulfide) groups is 1. The van der Waals surface area contributed by atoms with Gasteiger partial charge in [-0.05, 0) is 37.1 Å². The zero-order valence-corrected chi connectivity index (χ0v) is 12.6. The lowest BCUT2D eigenvalue weighted by Gasteiger charge is -2.11. The Morgan fingerprint density at radius 1 is 1.32 bits per heavy atom. The van der Waals surface area contributed by atoms with Crippen molar-refractivity contribution in [3.63, 3.8) is 0 Å². The van der Waals surface area contributed by atoms with Crippen molar-refractivity contribution in [2.24, 2.45) is 12.8 Å². The maximum Gasteiger partial charge on any atom is 0.195 e. The van der Waals surface area contributed by atoms with Crippen LogP contribution >= 0.6 is 23.5 Å². The van der Waals surface area contributed by atoms with Gasteiger partial charge in [0.1, 0.15) is 11.7 Å². The second-order valence-electron chi connectivity index (χ2n) is 3.94. The Hall–Kier alpha value is -1.47. The van der Waals surface area contributed by atoms with E-state index in [1.165, 1.54) is 11.8 Å². The summed E-state index contributed by atoms with van der Waals surface area (Å²) in [5.41, 5.74) is 6.47. The summed E-state index contributed by atoms with van der Waals surface area (Å²) in [4.78, 5) is 1.92. The molecule has 0 aliphatic rings. The van der Waals surface area contributed by atoms with E-state index in [0.717, 1.165) is 26.3 Å².